The van der Waals surface area contributed by atoms with Crippen molar-refractivity contribution in [3.05, 3.63) is 89.8 Å². The molecule has 2 saturated heterocycles. The van der Waals surface area contributed by atoms with Crippen LogP contribution in [0.25, 0.3) is 17.2 Å². The largest absolute Gasteiger partial charge is 0.462 e. The van der Waals surface area contributed by atoms with Crippen molar-refractivity contribution in [2.45, 2.75) is 51.3 Å². The molecule has 2 aromatic heterocycles. The van der Waals surface area contributed by atoms with Gasteiger partial charge in [-0.15, -0.1) is 0 Å². The molecule has 5 atom stereocenters. The number of urea groups is 1. The number of hydrogen-bond acceptors (Lipinski definition) is 10. The van der Waals surface area contributed by atoms with Crippen LogP contribution >= 0.6 is 0 Å². The lowest BCUT2D eigenvalue weighted by Gasteiger charge is -2.20. The minimum absolute atomic E-state index is 0.00163. The van der Waals surface area contributed by atoms with Gasteiger partial charge in [-0.25, -0.2) is 28.9 Å². The summed E-state index contributed by atoms with van der Waals surface area (Å²) in [6, 6.07) is 13.5. The Labute approximate surface area is 263 Å². The molecular formula is C32H33FN6O7. The highest BCUT2D eigenvalue weighted by atomic mass is 19.1. The number of esters is 1. The Kier molecular flexibility index (Phi) is 9.59. The summed E-state index contributed by atoms with van der Waals surface area (Å²) >= 11 is 0. The smallest absolute Gasteiger partial charge is 0.338 e. The van der Waals surface area contributed by atoms with Crippen LogP contribution in [-0.2, 0) is 30.3 Å². The topological polar surface area (TPSA) is 148 Å². The van der Waals surface area contributed by atoms with E-state index in [2.05, 4.69) is 25.6 Å². The predicted molar refractivity (Wildman–Crippen MR) is 163 cm³/mol. The molecule has 4 unspecified atom stereocenters. The lowest BCUT2D eigenvalue weighted by molar-refractivity contribution is -0.139. The number of hydrogen-bond donors (Lipinski definition) is 2. The fraction of sp³-hybridized carbons (Fsp3) is 0.344. The minimum Gasteiger partial charge on any atom is -0.462 e. The van der Waals surface area contributed by atoms with Crippen LogP contribution in [0.15, 0.2) is 67.3 Å². The van der Waals surface area contributed by atoms with Gasteiger partial charge in [-0.3, -0.25) is 9.88 Å². The third kappa shape index (κ3) is 6.60. The highest BCUT2D eigenvalue weighted by Gasteiger charge is 2.53. The zero-order chi connectivity index (χ0) is 32.0. The molecule has 2 amide bonds. The van der Waals surface area contributed by atoms with Crippen LogP contribution in [-0.4, -0.2) is 75.9 Å². The Morgan fingerprint density at radius 3 is 2.65 bits per heavy atom. The van der Waals surface area contributed by atoms with Crippen molar-refractivity contribution in [2.75, 3.05) is 25.1 Å². The van der Waals surface area contributed by atoms with Gasteiger partial charge in [-0.2, -0.15) is 0 Å². The third-order valence-corrected chi connectivity index (χ3v) is 7.46. The van der Waals surface area contributed by atoms with E-state index in [9.17, 15) is 14.0 Å². The highest BCUT2D eigenvalue weighted by Crippen LogP contribution is 2.41. The van der Waals surface area contributed by atoms with E-state index in [0.717, 1.165) is 5.56 Å². The molecular weight excluding hydrogens is 599 g/mol. The average Bonchev–Trinajstić information content (AvgIpc) is 3.76. The lowest BCUT2D eigenvalue weighted by atomic mass is 10.1. The SMILES string of the molecule is CCNC(=O)Nc1ncnc2c1ncn2C1OC(COCc2c(F)cccc2C(=O)OCC)C2O[C@H](/C=C/c3ccccc3)OC21. The number of halogens is 1. The summed E-state index contributed by atoms with van der Waals surface area (Å²) in [5, 5.41) is 5.35. The predicted octanol–water partition coefficient (Wildman–Crippen LogP) is 4.22. The van der Waals surface area contributed by atoms with E-state index in [-0.39, 0.29) is 36.8 Å². The second-order valence-corrected chi connectivity index (χ2v) is 10.4. The number of carbonyl (C=O) groups excluding carboxylic acids is 2. The molecule has 2 fully saturated rings. The quantitative estimate of drug-likeness (QED) is 0.230. The van der Waals surface area contributed by atoms with Crippen molar-refractivity contribution < 1.29 is 37.7 Å². The number of rotatable bonds is 11. The summed E-state index contributed by atoms with van der Waals surface area (Å²) < 4.78 is 46.5. The summed E-state index contributed by atoms with van der Waals surface area (Å²) in [6.45, 7) is 3.88. The molecule has 240 valence electrons. The van der Waals surface area contributed by atoms with Gasteiger partial charge in [0, 0.05) is 12.1 Å². The first kappa shape index (κ1) is 31.2. The van der Waals surface area contributed by atoms with Crippen molar-refractivity contribution in [1.29, 1.82) is 0 Å². The van der Waals surface area contributed by atoms with Gasteiger partial charge in [0.2, 0.25) is 0 Å². The van der Waals surface area contributed by atoms with Crippen LogP contribution in [0.2, 0.25) is 0 Å². The van der Waals surface area contributed by atoms with Gasteiger partial charge in [-0.1, -0.05) is 42.5 Å². The van der Waals surface area contributed by atoms with Crippen LogP contribution in [0.1, 0.15) is 41.6 Å². The van der Waals surface area contributed by atoms with Crippen molar-refractivity contribution in [2.24, 2.45) is 0 Å². The summed E-state index contributed by atoms with van der Waals surface area (Å²) in [4.78, 5) is 37.6. The molecule has 2 aliphatic heterocycles. The summed E-state index contributed by atoms with van der Waals surface area (Å²) in [5.41, 5.74) is 1.93. The number of benzene rings is 2. The van der Waals surface area contributed by atoms with Gasteiger partial charge in [0.25, 0.3) is 0 Å². The second kappa shape index (κ2) is 14.1. The number of amides is 2. The molecule has 6 rings (SSSR count). The van der Waals surface area contributed by atoms with Crippen LogP contribution in [0, 0.1) is 5.82 Å². The first-order chi connectivity index (χ1) is 22.5. The summed E-state index contributed by atoms with van der Waals surface area (Å²) in [6.07, 6.45) is 3.33. The zero-order valence-corrected chi connectivity index (χ0v) is 25.2. The minimum atomic E-state index is -0.741. The zero-order valence-electron chi connectivity index (χ0n) is 25.2. The van der Waals surface area contributed by atoms with E-state index in [0.29, 0.717) is 17.7 Å². The maximum atomic E-state index is 14.8. The number of carbonyl (C=O) groups is 2. The molecule has 13 nitrogen and oxygen atoms in total. The van der Waals surface area contributed by atoms with E-state index >= 15 is 0 Å². The molecule has 4 heterocycles. The van der Waals surface area contributed by atoms with Crippen molar-refractivity contribution >= 4 is 35.1 Å². The van der Waals surface area contributed by atoms with Crippen LogP contribution < -0.4 is 10.6 Å². The molecule has 0 saturated carbocycles. The van der Waals surface area contributed by atoms with Crippen molar-refractivity contribution in [3.8, 4) is 0 Å². The third-order valence-electron chi connectivity index (χ3n) is 7.46. The van der Waals surface area contributed by atoms with Gasteiger partial charge in [0.1, 0.15) is 30.5 Å². The van der Waals surface area contributed by atoms with Gasteiger partial charge >= 0.3 is 12.0 Å². The molecule has 2 aliphatic rings. The highest BCUT2D eigenvalue weighted by molar-refractivity contribution is 5.95. The fourth-order valence-corrected chi connectivity index (χ4v) is 5.39. The first-order valence-electron chi connectivity index (χ1n) is 14.9. The van der Waals surface area contributed by atoms with Gasteiger partial charge in [-0.05, 0) is 37.6 Å². The molecule has 0 radical (unpaired) electrons. The van der Waals surface area contributed by atoms with Crippen LogP contribution in [0.5, 0.6) is 0 Å². The molecule has 0 bridgehead atoms. The van der Waals surface area contributed by atoms with E-state index in [1.165, 1.54) is 30.9 Å². The van der Waals surface area contributed by atoms with E-state index in [4.69, 9.17) is 23.7 Å². The normalized spacial score (nSPS) is 22.3. The maximum Gasteiger partial charge on any atom is 0.338 e. The second-order valence-electron chi connectivity index (χ2n) is 10.4. The molecule has 46 heavy (non-hydrogen) atoms. The molecule has 4 aromatic rings. The molecule has 2 N–H and O–H groups in total. The number of nitrogens with one attached hydrogen (secondary N) is 2. The fourth-order valence-electron chi connectivity index (χ4n) is 5.39. The molecule has 2 aromatic carbocycles. The number of fused-ring (bicyclic) bond motifs is 2. The number of ether oxygens (including phenoxy) is 5. The van der Waals surface area contributed by atoms with Crippen molar-refractivity contribution in [3.63, 3.8) is 0 Å². The molecule has 0 aliphatic carbocycles. The van der Waals surface area contributed by atoms with E-state index in [1.54, 1.807) is 18.4 Å². The van der Waals surface area contributed by atoms with Crippen LogP contribution in [0.4, 0.5) is 15.0 Å². The number of anilines is 1. The number of nitrogens with zero attached hydrogens (tertiary/aromatic N) is 4. The van der Waals surface area contributed by atoms with E-state index < -0.39 is 48.6 Å². The Bertz CT molecular complexity index is 1720. The summed E-state index contributed by atoms with van der Waals surface area (Å²) in [7, 11) is 0. The first-order valence-corrected chi connectivity index (χ1v) is 14.9. The molecule has 0 spiro atoms. The Hall–Kier alpha value is -4.76. The standard InChI is InChI=1S/C32H33FN6O7/c1-3-34-32(41)38-28-25-29(36-17-35-28)39(18-37-25)30-27-26(45-24(46-27)14-13-19-9-6-5-7-10-19)23(44-30)16-42-15-21-20(31(40)43-4-2)11-8-12-22(21)33/h5-14,17-18,23-24,26-27,30H,3-4,15-16H2,1-2H3,(H2,34,35,36,38,41)/b14-13+/t23?,24-,26?,27?,30?/m0/s1. The Balaban J connectivity index is 1.24. The van der Waals surface area contributed by atoms with Gasteiger partial charge in [0.05, 0.1) is 31.7 Å². The Morgan fingerprint density at radius 1 is 1.02 bits per heavy atom. The van der Waals surface area contributed by atoms with Crippen molar-refractivity contribution in [1.82, 2.24) is 24.8 Å². The van der Waals surface area contributed by atoms with Gasteiger partial charge in [0.15, 0.2) is 29.5 Å². The maximum absolute atomic E-state index is 14.8. The summed E-state index contributed by atoms with van der Waals surface area (Å²) in [5.74, 6) is -0.978. The number of aromatic nitrogens is 4. The van der Waals surface area contributed by atoms with E-state index in [1.807, 2.05) is 42.5 Å². The molecule has 14 heteroatoms. The van der Waals surface area contributed by atoms with Gasteiger partial charge < -0.3 is 29.0 Å². The average molecular weight is 633 g/mol. The Morgan fingerprint density at radius 2 is 1.85 bits per heavy atom. The number of imidazole rings is 1. The lowest BCUT2D eigenvalue weighted by Crippen LogP contribution is -2.32. The monoisotopic (exact) mass is 632 g/mol. The van der Waals surface area contributed by atoms with Crippen LogP contribution in [0.3, 0.4) is 0 Å².